The lowest BCUT2D eigenvalue weighted by Gasteiger charge is -2.19. The summed E-state index contributed by atoms with van der Waals surface area (Å²) in [4.78, 5) is 0. The first-order valence-electron chi connectivity index (χ1n) is 9.27. The van der Waals surface area contributed by atoms with Gasteiger partial charge in [0.05, 0.1) is 5.56 Å². The Morgan fingerprint density at radius 1 is 0.700 bits per heavy atom. The molecule has 0 atom stereocenters. The van der Waals surface area contributed by atoms with Crippen molar-refractivity contribution < 1.29 is 31.1 Å². The molecule has 0 saturated heterocycles. The molecular formula is C23H18F6O. The Bertz CT molecular complexity index is 1010. The Morgan fingerprint density at radius 3 is 1.80 bits per heavy atom. The monoisotopic (exact) mass is 424 g/mol. The van der Waals surface area contributed by atoms with Gasteiger partial charge in [0.2, 0.25) is 0 Å². The first-order chi connectivity index (χ1) is 14.2. The van der Waals surface area contributed by atoms with E-state index in [0.717, 1.165) is 24.3 Å². The Labute approximate surface area is 169 Å². The molecule has 0 amide bonds. The van der Waals surface area contributed by atoms with Crippen LogP contribution in [0.5, 0.6) is 5.75 Å². The van der Waals surface area contributed by atoms with Gasteiger partial charge in [-0.05, 0) is 72.4 Å². The summed E-state index contributed by atoms with van der Waals surface area (Å²) in [5.74, 6) is -5.27. The highest BCUT2D eigenvalue weighted by atomic mass is 19.3. The van der Waals surface area contributed by atoms with Gasteiger partial charge in [0.1, 0.15) is 11.6 Å². The van der Waals surface area contributed by atoms with Gasteiger partial charge in [-0.2, -0.15) is 8.78 Å². The number of hydrogen-bond acceptors (Lipinski definition) is 1. The summed E-state index contributed by atoms with van der Waals surface area (Å²) in [6.45, 7) is 1.79. The van der Waals surface area contributed by atoms with Crippen molar-refractivity contribution in [1.82, 2.24) is 0 Å². The average molecular weight is 424 g/mol. The second kappa shape index (κ2) is 8.81. The SMILES string of the molecule is CCc1ccc(C(F)(F)Oc2ccc(CCc3cc(F)c(F)c(F)c3)cc2)c(F)c1. The van der Waals surface area contributed by atoms with Gasteiger partial charge in [0.15, 0.2) is 17.5 Å². The van der Waals surface area contributed by atoms with E-state index in [1.807, 2.05) is 0 Å². The van der Waals surface area contributed by atoms with Crippen molar-refractivity contribution in [3.8, 4) is 5.75 Å². The molecule has 0 aliphatic carbocycles. The van der Waals surface area contributed by atoms with Crippen LogP contribution in [-0.4, -0.2) is 0 Å². The highest BCUT2D eigenvalue weighted by Gasteiger charge is 2.37. The van der Waals surface area contributed by atoms with Crippen LogP contribution in [0.25, 0.3) is 0 Å². The van der Waals surface area contributed by atoms with E-state index in [2.05, 4.69) is 0 Å². The van der Waals surface area contributed by atoms with Crippen molar-refractivity contribution in [2.75, 3.05) is 0 Å². The molecule has 3 aromatic carbocycles. The van der Waals surface area contributed by atoms with Crippen LogP contribution < -0.4 is 4.74 Å². The molecule has 0 aliphatic heterocycles. The number of hydrogen-bond donors (Lipinski definition) is 0. The van der Waals surface area contributed by atoms with Crippen molar-refractivity contribution >= 4 is 0 Å². The number of rotatable bonds is 7. The van der Waals surface area contributed by atoms with Crippen LogP contribution in [0.1, 0.15) is 29.2 Å². The van der Waals surface area contributed by atoms with E-state index in [1.54, 1.807) is 6.92 Å². The van der Waals surface area contributed by atoms with Gasteiger partial charge in [-0.1, -0.05) is 25.1 Å². The second-order valence-corrected chi connectivity index (χ2v) is 6.80. The van der Waals surface area contributed by atoms with E-state index in [9.17, 15) is 26.3 Å². The van der Waals surface area contributed by atoms with Crippen molar-refractivity contribution in [3.63, 3.8) is 0 Å². The van der Waals surface area contributed by atoms with E-state index in [0.29, 0.717) is 24.0 Å². The molecule has 0 radical (unpaired) electrons. The molecule has 3 aromatic rings. The fourth-order valence-electron chi connectivity index (χ4n) is 2.98. The molecule has 0 heterocycles. The number of benzene rings is 3. The van der Waals surface area contributed by atoms with Gasteiger partial charge in [-0.3, -0.25) is 0 Å². The Kier molecular flexibility index (Phi) is 6.39. The summed E-state index contributed by atoms with van der Waals surface area (Å²) in [7, 11) is 0. The molecule has 0 unspecified atom stereocenters. The topological polar surface area (TPSA) is 9.23 Å². The number of aryl methyl sites for hydroxylation is 3. The number of alkyl halides is 2. The van der Waals surface area contributed by atoms with E-state index in [-0.39, 0.29) is 17.7 Å². The molecular weight excluding hydrogens is 406 g/mol. The third-order valence-corrected chi connectivity index (χ3v) is 4.67. The molecule has 30 heavy (non-hydrogen) atoms. The molecule has 0 aromatic heterocycles. The summed E-state index contributed by atoms with van der Waals surface area (Å²) < 4.78 is 86.9. The quantitative estimate of drug-likeness (QED) is 0.302. The lowest BCUT2D eigenvalue weighted by molar-refractivity contribution is -0.187. The zero-order valence-electron chi connectivity index (χ0n) is 16.0. The lowest BCUT2D eigenvalue weighted by atomic mass is 10.0. The maximum absolute atomic E-state index is 14.4. The van der Waals surface area contributed by atoms with Crippen LogP contribution in [-0.2, 0) is 25.4 Å². The molecule has 3 rings (SSSR count). The van der Waals surface area contributed by atoms with Gasteiger partial charge in [-0.15, -0.1) is 0 Å². The van der Waals surface area contributed by atoms with E-state index < -0.39 is 34.9 Å². The highest BCUT2D eigenvalue weighted by Crippen LogP contribution is 2.33. The maximum Gasteiger partial charge on any atom is 0.429 e. The minimum absolute atomic E-state index is 0.165. The van der Waals surface area contributed by atoms with Crippen LogP contribution in [0, 0.1) is 23.3 Å². The minimum atomic E-state index is -3.86. The van der Waals surface area contributed by atoms with Crippen LogP contribution in [0.2, 0.25) is 0 Å². The smallest absolute Gasteiger partial charge is 0.429 e. The minimum Gasteiger partial charge on any atom is -0.429 e. The third kappa shape index (κ3) is 4.96. The summed E-state index contributed by atoms with van der Waals surface area (Å²) in [6.07, 6.45) is -2.78. The highest BCUT2D eigenvalue weighted by molar-refractivity contribution is 5.31. The maximum atomic E-state index is 14.4. The zero-order chi connectivity index (χ0) is 21.9. The summed E-state index contributed by atoms with van der Waals surface area (Å²) in [5.41, 5.74) is 0.694. The van der Waals surface area contributed by atoms with Crippen molar-refractivity contribution in [2.45, 2.75) is 32.3 Å². The van der Waals surface area contributed by atoms with Crippen molar-refractivity contribution in [3.05, 3.63) is 100 Å². The fourth-order valence-corrected chi connectivity index (χ4v) is 2.98. The zero-order valence-corrected chi connectivity index (χ0v) is 16.0. The van der Waals surface area contributed by atoms with E-state index in [1.165, 1.54) is 30.3 Å². The Morgan fingerprint density at radius 2 is 1.23 bits per heavy atom. The van der Waals surface area contributed by atoms with Crippen molar-refractivity contribution in [2.24, 2.45) is 0 Å². The first-order valence-corrected chi connectivity index (χ1v) is 9.27. The Balaban J connectivity index is 1.67. The molecule has 158 valence electrons. The van der Waals surface area contributed by atoms with Crippen LogP contribution in [0.4, 0.5) is 26.3 Å². The summed E-state index contributed by atoms with van der Waals surface area (Å²) in [5, 5.41) is 0. The summed E-state index contributed by atoms with van der Waals surface area (Å²) in [6, 6.07) is 10.9. The molecule has 0 spiro atoms. The predicted octanol–water partition coefficient (Wildman–Crippen LogP) is 6.72. The largest absolute Gasteiger partial charge is 0.429 e. The third-order valence-electron chi connectivity index (χ3n) is 4.67. The molecule has 0 N–H and O–H groups in total. The van der Waals surface area contributed by atoms with Crippen LogP contribution in [0.15, 0.2) is 54.6 Å². The second-order valence-electron chi connectivity index (χ2n) is 6.80. The molecule has 7 heteroatoms. The van der Waals surface area contributed by atoms with E-state index >= 15 is 0 Å². The van der Waals surface area contributed by atoms with Gasteiger partial charge < -0.3 is 4.74 Å². The van der Waals surface area contributed by atoms with Crippen LogP contribution in [0.3, 0.4) is 0 Å². The van der Waals surface area contributed by atoms with Gasteiger partial charge in [0.25, 0.3) is 0 Å². The van der Waals surface area contributed by atoms with Gasteiger partial charge >= 0.3 is 6.11 Å². The molecule has 0 bridgehead atoms. The Hall–Kier alpha value is -2.96. The van der Waals surface area contributed by atoms with Gasteiger partial charge in [-0.25, -0.2) is 17.6 Å². The standard InChI is InChI=1S/C23H18F6O/c1-2-14-7-10-18(19(24)11-14)23(28,29)30-17-8-5-15(6-9-17)3-4-16-12-20(25)22(27)21(26)13-16/h5-13H,2-4H2,1H3. The molecule has 0 saturated carbocycles. The molecule has 0 aliphatic rings. The first kappa shape index (κ1) is 21.7. The number of halogens is 6. The van der Waals surface area contributed by atoms with Gasteiger partial charge in [0, 0.05) is 0 Å². The van der Waals surface area contributed by atoms with Crippen LogP contribution >= 0.6 is 0 Å². The van der Waals surface area contributed by atoms with Crippen molar-refractivity contribution in [1.29, 1.82) is 0 Å². The number of ether oxygens (including phenoxy) is 1. The molecule has 1 nitrogen and oxygen atoms in total. The average Bonchev–Trinajstić information content (AvgIpc) is 2.70. The fraction of sp³-hybridized carbons (Fsp3) is 0.217. The predicted molar refractivity (Wildman–Crippen MR) is 100 cm³/mol. The van der Waals surface area contributed by atoms with E-state index in [4.69, 9.17) is 4.74 Å². The molecule has 0 fully saturated rings. The summed E-state index contributed by atoms with van der Waals surface area (Å²) >= 11 is 0. The normalized spacial score (nSPS) is 11.6. The lowest BCUT2D eigenvalue weighted by Crippen LogP contribution is -2.23.